The van der Waals surface area contributed by atoms with Gasteiger partial charge in [0, 0.05) is 6.42 Å². The summed E-state index contributed by atoms with van der Waals surface area (Å²) < 4.78 is 34.1. The topological polar surface area (TPSA) is 307 Å². The highest BCUT2D eigenvalue weighted by Gasteiger charge is 2.53. The third kappa shape index (κ3) is 26.8. The van der Waals surface area contributed by atoms with E-state index in [0.29, 0.717) is 6.42 Å². The fourth-order valence-electron chi connectivity index (χ4n) is 9.37. The van der Waals surface area contributed by atoms with Crippen LogP contribution in [0, 0.1) is 0 Å². The maximum absolute atomic E-state index is 13.2. The molecule has 3 heterocycles. The molecule has 3 aliphatic rings. The number of rotatable bonds is 41. The molecule has 1 amide bonds. The van der Waals surface area contributed by atoms with Crippen LogP contribution in [0.15, 0.2) is 85.1 Å². The fourth-order valence-corrected chi connectivity index (χ4v) is 9.37. The lowest BCUT2D eigenvalue weighted by Gasteiger charge is -2.48. The zero-order valence-corrected chi connectivity index (χ0v) is 47.1. The van der Waals surface area contributed by atoms with Crippen molar-refractivity contribution >= 4 is 5.91 Å². The molecule has 0 aromatic carbocycles. The van der Waals surface area contributed by atoms with Crippen molar-refractivity contribution < 1.29 is 89.4 Å². The first-order valence-corrected chi connectivity index (χ1v) is 29.3. The molecule has 0 bridgehead atoms. The second-order valence-electron chi connectivity index (χ2n) is 20.7. The van der Waals surface area contributed by atoms with Gasteiger partial charge in [-0.05, 0) is 70.6 Å². The molecule has 19 nitrogen and oxygen atoms in total. The Hall–Kier alpha value is -3.03. The number of allylic oxidation sites excluding steroid dienone is 13. The van der Waals surface area contributed by atoms with Gasteiger partial charge >= 0.3 is 0 Å². The number of carbonyl (C=O) groups is 1. The van der Waals surface area contributed by atoms with Crippen molar-refractivity contribution in [3.63, 3.8) is 0 Å². The minimum absolute atomic E-state index is 0.227. The van der Waals surface area contributed by atoms with Crippen LogP contribution in [0.1, 0.15) is 155 Å². The van der Waals surface area contributed by atoms with Crippen LogP contribution in [0.3, 0.4) is 0 Å². The average molecular weight is 1120 g/mol. The van der Waals surface area contributed by atoms with Gasteiger partial charge in [-0.15, -0.1) is 0 Å². The van der Waals surface area contributed by atoms with Gasteiger partial charge in [0.05, 0.1) is 38.6 Å². The molecule has 12 N–H and O–H groups in total. The molecule has 3 fully saturated rings. The number of ether oxygens (including phenoxy) is 6. The molecule has 0 saturated carbocycles. The van der Waals surface area contributed by atoms with Gasteiger partial charge in [-0.25, -0.2) is 0 Å². The summed E-state index contributed by atoms with van der Waals surface area (Å²) in [6, 6.07) is -0.980. The van der Waals surface area contributed by atoms with Crippen molar-refractivity contribution in [1.82, 2.24) is 5.32 Å². The maximum Gasteiger partial charge on any atom is 0.220 e. The Morgan fingerprint density at radius 1 is 0.468 bits per heavy atom. The van der Waals surface area contributed by atoms with Crippen molar-refractivity contribution in [3.8, 4) is 0 Å². The first-order valence-electron chi connectivity index (χ1n) is 29.3. The highest BCUT2D eigenvalue weighted by molar-refractivity contribution is 5.76. The van der Waals surface area contributed by atoms with Gasteiger partial charge < -0.3 is 89.9 Å². The van der Waals surface area contributed by atoms with E-state index in [1.807, 2.05) is 6.08 Å². The van der Waals surface area contributed by atoms with Gasteiger partial charge in [-0.1, -0.05) is 163 Å². The monoisotopic (exact) mass is 1120 g/mol. The molecule has 0 aromatic heterocycles. The Morgan fingerprint density at radius 3 is 1.37 bits per heavy atom. The third-order valence-corrected chi connectivity index (χ3v) is 14.2. The zero-order valence-electron chi connectivity index (χ0n) is 47.1. The smallest absolute Gasteiger partial charge is 0.220 e. The summed E-state index contributed by atoms with van der Waals surface area (Å²) in [5, 5.41) is 120. The number of aliphatic hydroxyl groups excluding tert-OH is 11. The van der Waals surface area contributed by atoms with Crippen molar-refractivity contribution in [1.29, 1.82) is 0 Å². The van der Waals surface area contributed by atoms with Crippen LogP contribution < -0.4 is 5.32 Å². The molecule has 17 unspecified atom stereocenters. The van der Waals surface area contributed by atoms with E-state index >= 15 is 0 Å². The minimum atomic E-state index is -1.98. The molecule has 0 aliphatic carbocycles. The van der Waals surface area contributed by atoms with E-state index in [1.54, 1.807) is 6.08 Å². The van der Waals surface area contributed by atoms with Crippen molar-refractivity contribution in [2.24, 2.45) is 0 Å². The summed E-state index contributed by atoms with van der Waals surface area (Å²) in [5.41, 5.74) is 0. The van der Waals surface area contributed by atoms with Gasteiger partial charge in [0.15, 0.2) is 18.9 Å². The van der Waals surface area contributed by atoms with E-state index < -0.39 is 124 Å². The molecular formula is C60H101NO18. The first kappa shape index (κ1) is 70.2. The van der Waals surface area contributed by atoms with Crippen LogP contribution in [0.5, 0.6) is 0 Å². The molecule has 19 heteroatoms. The Kier molecular flexibility index (Phi) is 38.0. The van der Waals surface area contributed by atoms with Gasteiger partial charge in [0.2, 0.25) is 5.91 Å². The normalized spacial score (nSPS) is 30.9. The van der Waals surface area contributed by atoms with E-state index in [-0.39, 0.29) is 18.9 Å². The Labute approximate surface area is 470 Å². The largest absolute Gasteiger partial charge is 0.394 e. The van der Waals surface area contributed by atoms with Crippen LogP contribution in [-0.2, 0) is 33.2 Å². The molecule has 3 saturated heterocycles. The molecule has 17 atom stereocenters. The SMILES string of the molecule is CC/C=C\C/C=C\C/C=C\C/C=C\C/C=C\C/C=C\CCCCCCCCCCC(=O)NC(COC1OC(CO)C(OC2OC(CO)C(OC3OC(CO)C(O)C(O)C3O)C(O)C2O)C(O)C1O)C(O)/C=C/CCCCCCC. The number of aliphatic hydroxyl groups is 11. The van der Waals surface area contributed by atoms with Gasteiger partial charge in [-0.2, -0.15) is 0 Å². The highest BCUT2D eigenvalue weighted by atomic mass is 16.8. The fraction of sp³-hybridized carbons (Fsp3) is 0.750. The van der Waals surface area contributed by atoms with Gasteiger partial charge in [-0.3, -0.25) is 4.79 Å². The van der Waals surface area contributed by atoms with Crippen LogP contribution >= 0.6 is 0 Å². The first-order chi connectivity index (χ1) is 38.3. The quantitative estimate of drug-likeness (QED) is 0.0289. The zero-order chi connectivity index (χ0) is 57.6. The summed E-state index contributed by atoms with van der Waals surface area (Å²) in [6.45, 7) is 1.49. The predicted octanol–water partition coefficient (Wildman–Crippen LogP) is 4.81. The number of hydrogen-bond donors (Lipinski definition) is 12. The van der Waals surface area contributed by atoms with E-state index in [0.717, 1.165) is 116 Å². The lowest BCUT2D eigenvalue weighted by atomic mass is 9.96. The van der Waals surface area contributed by atoms with E-state index in [9.17, 15) is 61.0 Å². The molecule has 0 spiro atoms. The average Bonchev–Trinajstić information content (AvgIpc) is 3.47. The summed E-state index contributed by atoms with van der Waals surface area (Å²) >= 11 is 0. The molecule has 3 rings (SSSR count). The predicted molar refractivity (Wildman–Crippen MR) is 300 cm³/mol. The van der Waals surface area contributed by atoms with E-state index in [2.05, 4.69) is 92.1 Å². The number of unbranched alkanes of at least 4 members (excludes halogenated alkanes) is 13. The highest BCUT2D eigenvalue weighted by Crippen LogP contribution is 2.33. The number of nitrogens with one attached hydrogen (secondary N) is 1. The summed E-state index contributed by atoms with van der Waals surface area (Å²) in [4.78, 5) is 13.2. The minimum Gasteiger partial charge on any atom is -0.394 e. The second kappa shape index (κ2) is 42.7. The summed E-state index contributed by atoms with van der Waals surface area (Å²) in [5.74, 6) is -0.294. The van der Waals surface area contributed by atoms with Crippen molar-refractivity contribution in [2.45, 2.75) is 259 Å². The van der Waals surface area contributed by atoms with Crippen molar-refractivity contribution in [2.75, 3.05) is 26.4 Å². The van der Waals surface area contributed by atoms with Crippen molar-refractivity contribution in [3.05, 3.63) is 85.1 Å². The summed E-state index contributed by atoms with van der Waals surface area (Å²) in [7, 11) is 0. The van der Waals surface area contributed by atoms with Crippen LogP contribution in [0.4, 0.5) is 0 Å². The molecule has 0 aromatic rings. The molecular weight excluding hydrogens is 1020 g/mol. The van der Waals surface area contributed by atoms with Crippen LogP contribution in [-0.4, -0.2) is 193 Å². The Bertz CT molecular complexity index is 1770. The standard InChI is InChI=1S/C60H101NO18/c1-3-5-7-9-11-12-13-14-15-16-17-18-19-20-21-22-23-24-25-26-27-28-29-30-32-34-36-38-48(66)61-43(44(65)37-35-33-31-10-8-6-4-2)42-74-58-54(72)51(69)56(46(40-63)76-58)79-60-55(73)52(70)57(47(41-64)77-60)78-59-53(71)50(68)49(67)45(39-62)75-59/h5,7,11-12,14-15,17-18,20-21,23-24,35,37,43-47,49-60,62-65,67-73H,3-4,6,8-10,13,16,19,22,25-34,36,38-42H2,1-2H3,(H,61,66)/b7-5-,12-11-,15-14-,18-17-,21-20-,24-23-,37-35+. The Balaban J connectivity index is 1.41. The molecule has 3 aliphatic heterocycles. The lowest BCUT2D eigenvalue weighted by molar-refractivity contribution is -0.379. The second-order valence-corrected chi connectivity index (χ2v) is 20.7. The van der Waals surface area contributed by atoms with Gasteiger partial charge in [0.1, 0.15) is 73.2 Å². The van der Waals surface area contributed by atoms with E-state index in [1.165, 1.54) is 12.8 Å². The van der Waals surface area contributed by atoms with Crippen LogP contribution in [0.25, 0.3) is 0 Å². The third-order valence-electron chi connectivity index (χ3n) is 14.2. The molecule has 454 valence electrons. The number of carbonyl (C=O) groups excluding carboxylic acids is 1. The van der Waals surface area contributed by atoms with Crippen LogP contribution in [0.2, 0.25) is 0 Å². The van der Waals surface area contributed by atoms with E-state index in [4.69, 9.17) is 28.4 Å². The molecule has 0 radical (unpaired) electrons. The number of hydrogen-bond acceptors (Lipinski definition) is 18. The lowest BCUT2D eigenvalue weighted by Crippen LogP contribution is -2.66. The number of amides is 1. The maximum atomic E-state index is 13.2. The Morgan fingerprint density at radius 2 is 0.873 bits per heavy atom. The molecule has 79 heavy (non-hydrogen) atoms. The van der Waals surface area contributed by atoms with Gasteiger partial charge in [0.25, 0.3) is 0 Å². The summed E-state index contributed by atoms with van der Waals surface area (Å²) in [6.07, 6.45) is 24.7.